The molecule has 0 spiro atoms. The minimum atomic E-state index is -0.0992. The molecular formula is C24H29N3O2. The van der Waals surface area contributed by atoms with E-state index in [1.807, 2.05) is 35.2 Å². The molecule has 2 heterocycles. The third-order valence-corrected chi connectivity index (χ3v) is 6.48. The molecule has 152 valence electrons. The van der Waals surface area contributed by atoms with Gasteiger partial charge in [-0.05, 0) is 72.4 Å². The molecule has 5 nitrogen and oxygen atoms in total. The normalized spacial score (nSPS) is 23.4. The third kappa shape index (κ3) is 3.78. The molecule has 1 fully saturated rings. The van der Waals surface area contributed by atoms with Gasteiger partial charge in [0.2, 0.25) is 5.91 Å². The summed E-state index contributed by atoms with van der Waals surface area (Å²) in [4.78, 5) is 31.4. The molecule has 1 aliphatic carbocycles. The Morgan fingerprint density at radius 1 is 1.24 bits per heavy atom. The highest BCUT2D eigenvalue weighted by atomic mass is 16.2. The van der Waals surface area contributed by atoms with Crippen LogP contribution >= 0.6 is 0 Å². The van der Waals surface area contributed by atoms with Gasteiger partial charge in [-0.15, -0.1) is 0 Å². The number of hydrogen-bond acceptors (Lipinski definition) is 3. The van der Waals surface area contributed by atoms with Gasteiger partial charge in [-0.1, -0.05) is 19.9 Å². The van der Waals surface area contributed by atoms with Gasteiger partial charge in [0.1, 0.15) is 0 Å². The van der Waals surface area contributed by atoms with Gasteiger partial charge >= 0.3 is 0 Å². The maximum absolute atomic E-state index is 12.8. The Balaban J connectivity index is 1.63. The van der Waals surface area contributed by atoms with E-state index in [4.69, 9.17) is 0 Å². The number of benzene rings is 1. The molecule has 0 saturated heterocycles. The van der Waals surface area contributed by atoms with E-state index in [2.05, 4.69) is 24.1 Å². The number of aromatic nitrogens is 1. The molecule has 5 heteroatoms. The number of hydrogen-bond donors (Lipinski definition) is 1. The summed E-state index contributed by atoms with van der Waals surface area (Å²) in [6.07, 6.45) is 6.89. The summed E-state index contributed by atoms with van der Waals surface area (Å²) in [5.74, 6) is 1.35. The first kappa shape index (κ1) is 19.6. The van der Waals surface area contributed by atoms with E-state index in [0.717, 1.165) is 23.2 Å². The largest absolute Gasteiger partial charge is 0.348 e. The minimum Gasteiger partial charge on any atom is -0.348 e. The lowest BCUT2D eigenvalue weighted by molar-refractivity contribution is -0.117. The van der Waals surface area contributed by atoms with E-state index in [1.54, 1.807) is 19.3 Å². The highest BCUT2D eigenvalue weighted by Crippen LogP contribution is 2.50. The van der Waals surface area contributed by atoms with Crippen molar-refractivity contribution in [1.29, 1.82) is 0 Å². The average molecular weight is 392 g/mol. The molecule has 1 saturated carbocycles. The topological polar surface area (TPSA) is 62.3 Å². The van der Waals surface area contributed by atoms with Gasteiger partial charge in [-0.25, -0.2) is 0 Å². The van der Waals surface area contributed by atoms with Gasteiger partial charge in [0.05, 0.1) is 0 Å². The maximum atomic E-state index is 12.8. The summed E-state index contributed by atoms with van der Waals surface area (Å²) in [5, 5.41) is 2.98. The fourth-order valence-corrected chi connectivity index (χ4v) is 4.97. The second-order valence-electron chi connectivity index (χ2n) is 8.41. The number of nitrogens with zero attached hydrogens (tertiary/aromatic N) is 2. The lowest BCUT2D eigenvalue weighted by atomic mass is 9.74. The molecule has 3 atom stereocenters. The van der Waals surface area contributed by atoms with Crippen LogP contribution in [0.4, 0.5) is 5.69 Å². The molecule has 2 aromatic rings. The molecule has 1 N–H and O–H groups in total. The smallest absolute Gasteiger partial charge is 0.251 e. The predicted octanol–water partition coefficient (Wildman–Crippen LogP) is 4.29. The molecule has 4 rings (SSSR count). The monoisotopic (exact) mass is 391 g/mol. The fourth-order valence-electron chi connectivity index (χ4n) is 4.97. The molecular weight excluding hydrogens is 362 g/mol. The number of fused-ring (bicyclic) bond motifs is 1. The van der Waals surface area contributed by atoms with Gasteiger partial charge < -0.3 is 10.2 Å². The van der Waals surface area contributed by atoms with Gasteiger partial charge in [0, 0.05) is 43.2 Å². The van der Waals surface area contributed by atoms with E-state index in [1.165, 1.54) is 12.8 Å². The minimum absolute atomic E-state index is 0.0957. The summed E-state index contributed by atoms with van der Waals surface area (Å²) in [6, 6.07) is 9.89. The standard InChI is InChI=1S/C24H29N3O2/c1-4-20-15(2)23(18-7-8-18)27(16(3)28)22-10-9-19(12-21(20)22)24(29)26-14-17-6-5-11-25-13-17/h5-6,9-13,15,18,20,23H,4,7-8,14H2,1-3H3,(H,26,29). The summed E-state index contributed by atoms with van der Waals surface area (Å²) >= 11 is 0. The zero-order valence-corrected chi connectivity index (χ0v) is 17.4. The van der Waals surface area contributed by atoms with Crippen molar-refractivity contribution in [2.45, 2.75) is 58.5 Å². The van der Waals surface area contributed by atoms with Crippen LogP contribution < -0.4 is 10.2 Å². The molecule has 2 aliphatic rings. The summed E-state index contributed by atoms with van der Waals surface area (Å²) < 4.78 is 0. The zero-order valence-electron chi connectivity index (χ0n) is 17.4. The van der Waals surface area contributed by atoms with Crippen molar-refractivity contribution in [2.75, 3.05) is 4.90 Å². The van der Waals surface area contributed by atoms with Gasteiger partial charge in [0.15, 0.2) is 0 Å². The Bertz CT molecular complexity index is 908. The Morgan fingerprint density at radius 3 is 2.66 bits per heavy atom. The molecule has 2 amide bonds. The average Bonchev–Trinajstić information content (AvgIpc) is 3.56. The van der Waals surface area contributed by atoms with E-state index < -0.39 is 0 Å². The Hall–Kier alpha value is -2.69. The van der Waals surface area contributed by atoms with Crippen LogP contribution in [0.1, 0.15) is 67.4 Å². The van der Waals surface area contributed by atoms with Crippen LogP contribution in [0.3, 0.4) is 0 Å². The van der Waals surface area contributed by atoms with Crippen molar-refractivity contribution in [3.63, 3.8) is 0 Å². The van der Waals surface area contributed by atoms with Crippen molar-refractivity contribution in [2.24, 2.45) is 11.8 Å². The van der Waals surface area contributed by atoms with Gasteiger partial charge in [-0.3, -0.25) is 14.6 Å². The third-order valence-electron chi connectivity index (χ3n) is 6.48. The highest BCUT2D eigenvalue weighted by Gasteiger charge is 2.46. The van der Waals surface area contributed by atoms with E-state index in [9.17, 15) is 9.59 Å². The van der Waals surface area contributed by atoms with Crippen molar-refractivity contribution in [1.82, 2.24) is 10.3 Å². The quantitative estimate of drug-likeness (QED) is 0.827. The van der Waals surface area contributed by atoms with Crippen LogP contribution in [0.25, 0.3) is 0 Å². The van der Waals surface area contributed by atoms with Crippen molar-refractivity contribution >= 4 is 17.5 Å². The fraction of sp³-hybridized carbons (Fsp3) is 0.458. The molecule has 0 radical (unpaired) electrons. The lowest BCUT2D eigenvalue weighted by Gasteiger charge is -2.45. The number of pyridine rings is 1. The first-order valence-electron chi connectivity index (χ1n) is 10.6. The van der Waals surface area contributed by atoms with Crippen LogP contribution in [0.5, 0.6) is 0 Å². The predicted molar refractivity (Wildman–Crippen MR) is 114 cm³/mol. The van der Waals surface area contributed by atoms with Crippen molar-refractivity contribution < 1.29 is 9.59 Å². The molecule has 29 heavy (non-hydrogen) atoms. The number of rotatable bonds is 5. The van der Waals surface area contributed by atoms with Crippen LogP contribution in [0.2, 0.25) is 0 Å². The second kappa shape index (κ2) is 7.97. The summed E-state index contributed by atoms with van der Waals surface area (Å²) in [7, 11) is 0. The van der Waals surface area contributed by atoms with Crippen LogP contribution in [0.15, 0.2) is 42.7 Å². The number of anilines is 1. The first-order valence-corrected chi connectivity index (χ1v) is 10.6. The molecule has 0 bridgehead atoms. The lowest BCUT2D eigenvalue weighted by Crippen LogP contribution is -2.50. The molecule has 1 aromatic heterocycles. The van der Waals surface area contributed by atoms with E-state index in [0.29, 0.717) is 29.9 Å². The van der Waals surface area contributed by atoms with Gasteiger partial charge in [-0.2, -0.15) is 0 Å². The number of carbonyl (C=O) groups is 2. The van der Waals surface area contributed by atoms with Crippen molar-refractivity contribution in [3.05, 3.63) is 59.4 Å². The Labute approximate surface area is 172 Å². The molecule has 1 aliphatic heterocycles. The summed E-state index contributed by atoms with van der Waals surface area (Å²) in [5.41, 5.74) is 3.73. The highest BCUT2D eigenvalue weighted by molar-refractivity contribution is 5.98. The zero-order chi connectivity index (χ0) is 20.5. The van der Waals surface area contributed by atoms with E-state index >= 15 is 0 Å². The van der Waals surface area contributed by atoms with Crippen LogP contribution in [-0.4, -0.2) is 22.8 Å². The van der Waals surface area contributed by atoms with Gasteiger partial charge in [0.25, 0.3) is 5.91 Å². The maximum Gasteiger partial charge on any atom is 0.251 e. The summed E-state index contributed by atoms with van der Waals surface area (Å²) in [6.45, 7) is 6.58. The Morgan fingerprint density at radius 2 is 2.03 bits per heavy atom. The van der Waals surface area contributed by atoms with Crippen molar-refractivity contribution in [3.8, 4) is 0 Å². The molecule has 1 aromatic carbocycles. The second-order valence-corrected chi connectivity index (χ2v) is 8.41. The SMILES string of the molecule is CCC1c2cc(C(=O)NCc3cccnc3)ccc2N(C(C)=O)C(C2CC2)C1C. The number of amides is 2. The number of carbonyl (C=O) groups excluding carboxylic acids is 2. The molecule has 3 unspecified atom stereocenters. The number of nitrogens with one attached hydrogen (secondary N) is 1. The van der Waals surface area contributed by atoms with Crippen LogP contribution in [-0.2, 0) is 11.3 Å². The first-order chi connectivity index (χ1) is 14.0. The van der Waals surface area contributed by atoms with Crippen LogP contribution in [0, 0.1) is 11.8 Å². The van der Waals surface area contributed by atoms with E-state index in [-0.39, 0.29) is 17.9 Å². The Kier molecular flexibility index (Phi) is 5.39.